The molecule has 162 valence electrons. The first-order valence-corrected chi connectivity index (χ1v) is 11.3. The molecule has 0 fully saturated rings. The van der Waals surface area contributed by atoms with Gasteiger partial charge in [-0.05, 0) is 49.4 Å². The van der Waals surface area contributed by atoms with Gasteiger partial charge in [0.1, 0.15) is 28.1 Å². The topological polar surface area (TPSA) is 82.6 Å². The molecule has 1 aliphatic heterocycles. The Bertz CT molecular complexity index is 1290. The van der Waals surface area contributed by atoms with Crippen LogP contribution in [-0.4, -0.2) is 22.7 Å². The van der Waals surface area contributed by atoms with Gasteiger partial charge in [0.2, 0.25) is 6.79 Å². The summed E-state index contributed by atoms with van der Waals surface area (Å²) in [5, 5.41) is 5.84. The van der Waals surface area contributed by atoms with Crippen molar-refractivity contribution in [3.8, 4) is 28.5 Å². The fourth-order valence-corrected chi connectivity index (χ4v) is 4.66. The van der Waals surface area contributed by atoms with Gasteiger partial charge in [-0.15, -0.1) is 22.7 Å². The number of rotatable bonds is 6. The molecule has 0 aliphatic carbocycles. The van der Waals surface area contributed by atoms with Gasteiger partial charge in [0.15, 0.2) is 16.6 Å². The number of hydrogen-bond acceptors (Lipinski definition) is 8. The van der Waals surface area contributed by atoms with Crippen molar-refractivity contribution in [3.05, 3.63) is 69.2 Å². The van der Waals surface area contributed by atoms with E-state index in [0.29, 0.717) is 38.0 Å². The number of carbonyl (C=O) groups is 1. The summed E-state index contributed by atoms with van der Waals surface area (Å²) in [7, 11) is 0. The summed E-state index contributed by atoms with van der Waals surface area (Å²) in [6.45, 7) is 2.17. The number of nitrogens with zero attached hydrogens (tertiary/aromatic N) is 2. The second kappa shape index (κ2) is 8.56. The number of halogens is 1. The molecule has 0 unspecified atom stereocenters. The lowest BCUT2D eigenvalue weighted by Crippen LogP contribution is -2.11. The van der Waals surface area contributed by atoms with E-state index in [1.807, 2.05) is 23.6 Å². The number of aromatic nitrogens is 2. The second-order valence-corrected chi connectivity index (χ2v) is 8.77. The van der Waals surface area contributed by atoms with E-state index >= 15 is 0 Å². The maximum Gasteiger partial charge on any atom is 0.269 e. The van der Waals surface area contributed by atoms with Gasteiger partial charge in [-0.2, -0.15) is 0 Å². The van der Waals surface area contributed by atoms with Crippen LogP contribution in [0.15, 0.2) is 47.8 Å². The maximum atomic E-state index is 13.0. The Kier molecular flexibility index (Phi) is 5.46. The van der Waals surface area contributed by atoms with Crippen molar-refractivity contribution in [1.82, 2.24) is 9.97 Å². The molecular weight excluding hydrogens is 453 g/mol. The maximum absolute atomic E-state index is 13.0. The quantitative estimate of drug-likeness (QED) is 0.414. The average Bonchev–Trinajstić information content (AvgIpc) is 3.52. The number of benzene rings is 2. The molecule has 0 bridgehead atoms. The molecule has 1 amide bonds. The highest BCUT2D eigenvalue weighted by atomic mass is 32.1. The van der Waals surface area contributed by atoms with Crippen molar-refractivity contribution in [3.63, 3.8) is 0 Å². The Morgan fingerprint density at radius 2 is 1.97 bits per heavy atom. The summed E-state index contributed by atoms with van der Waals surface area (Å²) in [4.78, 5) is 22.2. The number of thiazole rings is 2. The normalized spacial score (nSPS) is 12.1. The van der Waals surface area contributed by atoms with Crippen molar-refractivity contribution in [1.29, 1.82) is 0 Å². The molecule has 2 aromatic heterocycles. The summed E-state index contributed by atoms with van der Waals surface area (Å²) in [5.41, 5.74) is 2.22. The molecule has 0 radical (unpaired) electrons. The average molecular weight is 470 g/mol. The van der Waals surface area contributed by atoms with Crippen molar-refractivity contribution in [2.24, 2.45) is 0 Å². The van der Waals surface area contributed by atoms with Gasteiger partial charge < -0.3 is 14.2 Å². The van der Waals surface area contributed by atoms with Gasteiger partial charge in [0, 0.05) is 10.9 Å². The fraction of sp³-hybridized carbons (Fsp3) is 0.136. The minimum atomic E-state index is -0.328. The SMILES string of the molecule is Cc1nc(COc2ccc(F)cc2)sc1C(=O)Nc1nc(-c2ccc3c(c2)OCO3)cs1. The molecule has 10 heteroatoms. The third-order valence-electron chi connectivity index (χ3n) is 4.62. The zero-order valence-electron chi connectivity index (χ0n) is 16.8. The first-order chi connectivity index (χ1) is 15.5. The molecule has 0 saturated carbocycles. The zero-order valence-corrected chi connectivity index (χ0v) is 18.4. The number of nitrogens with one attached hydrogen (secondary N) is 1. The number of hydrogen-bond donors (Lipinski definition) is 1. The number of anilines is 1. The van der Waals surface area contributed by atoms with E-state index in [1.165, 1.54) is 34.8 Å². The number of ether oxygens (including phenoxy) is 3. The summed E-state index contributed by atoms with van der Waals surface area (Å²) < 4.78 is 29.4. The summed E-state index contributed by atoms with van der Waals surface area (Å²) in [5.74, 6) is 1.31. The standard InChI is InChI=1S/C22H16FN3O4S2/c1-12-20(32-19(24-12)9-28-15-5-3-14(23)4-6-15)21(27)26-22-25-16(10-31-22)13-2-7-17-18(8-13)30-11-29-17/h2-8,10H,9,11H2,1H3,(H,25,26,27). The summed E-state index contributed by atoms with van der Waals surface area (Å²) >= 11 is 2.59. The van der Waals surface area contributed by atoms with Gasteiger partial charge >= 0.3 is 0 Å². The highest BCUT2D eigenvalue weighted by Crippen LogP contribution is 2.36. The highest BCUT2D eigenvalue weighted by Gasteiger charge is 2.19. The second-order valence-electron chi connectivity index (χ2n) is 6.82. The van der Waals surface area contributed by atoms with E-state index in [1.54, 1.807) is 19.1 Å². The van der Waals surface area contributed by atoms with E-state index in [0.717, 1.165) is 11.3 Å². The Morgan fingerprint density at radius 3 is 2.81 bits per heavy atom. The predicted molar refractivity (Wildman–Crippen MR) is 119 cm³/mol. The highest BCUT2D eigenvalue weighted by molar-refractivity contribution is 7.15. The minimum absolute atomic E-state index is 0.190. The molecule has 5 rings (SSSR count). The van der Waals surface area contributed by atoms with Crippen LogP contribution in [0.25, 0.3) is 11.3 Å². The lowest BCUT2D eigenvalue weighted by molar-refractivity contribution is 0.102. The van der Waals surface area contributed by atoms with Crippen molar-refractivity contribution >= 4 is 33.7 Å². The third kappa shape index (κ3) is 4.27. The van der Waals surface area contributed by atoms with Crippen molar-refractivity contribution < 1.29 is 23.4 Å². The smallest absolute Gasteiger partial charge is 0.269 e. The van der Waals surface area contributed by atoms with Gasteiger partial charge in [0.25, 0.3) is 5.91 Å². The van der Waals surface area contributed by atoms with Crippen molar-refractivity contribution in [2.45, 2.75) is 13.5 Å². The van der Waals surface area contributed by atoms with Crippen LogP contribution in [-0.2, 0) is 6.61 Å². The van der Waals surface area contributed by atoms with Crippen LogP contribution in [0.1, 0.15) is 20.4 Å². The molecule has 0 atom stereocenters. The van der Waals surface area contributed by atoms with Crippen LogP contribution in [0.4, 0.5) is 9.52 Å². The lowest BCUT2D eigenvalue weighted by atomic mass is 10.1. The summed E-state index contributed by atoms with van der Waals surface area (Å²) in [6.07, 6.45) is 0. The Hall–Kier alpha value is -3.50. The third-order valence-corrected chi connectivity index (χ3v) is 6.50. The molecule has 0 saturated heterocycles. The van der Waals surface area contributed by atoms with E-state index < -0.39 is 0 Å². The van der Waals surface area contributed by atoms with Crippen LogP contribution in [0.5, 0.6) is 17.2 Å². The van der Waals surface area contributed by atoms with Crippen LogP contribution in [0, 0.1) is 12.7 Å². The van der Waals surface area contributed by atoms with Gasteiger partial charge in [0.05, 0.1) is 11.4 Å². The first kappa shape index (κ1) is 20.4. The van der Waals surface area contributed by atoms with Gasteiger partial charge in [-0.3, -0.25) is 10.1 Å². The van der Waals surface area contributed by atoms with E-state index in [4.69, 9.17) is 14.2 Å². The van der Waals surface area contributed by atoms with E-state index in [-0.39, 0.29) is 25.1 Å². The van der Waals surface area contributed by atoms with Gasteiger partial charge in [-0.25, -0.2) is 14.4 Å². The van der Waals surface area contributed by atoms with E-state index in [9.17, 15) is 9.18 Å². The molecule has 4 aromatic rings. The number of aryl methyl sites for hydroxylation is 1. The largest absolute Gasteiger partial charge is 0.486 e. The molecule has 32 heavy (non-hydrogen) atoms. The molecule has 7 nitrogen and oxygen atoms in total. The molecule has 1 N–H and O–H groups in total. The molecule has 3 heterocycles. The molecule has 0 spiro atoms. The van der Waals surface area contributed by atoms with E-state index in [2.05, 4.69) is 15.3 Å². The Balaban J connectivity index is 1.25. The monoisotopic (exact) mass is 469 g/mol. The van der Waals surface area contributed by atoms with Crippen LogP contribution in [0.2, 0.25) is 0 Å². The zero-order chi connectivity index (χ0) is 22.1. The van der Waals surface area contributed by atoms with Crippen LogP contribution >= 0.6 is 22.7 Å². The van der Waals surface area contributed by atoms with Crippen LogP contribution < -0.4 is 19.5 Å². The van der Waals surface area contributed by atoms with Crippen molar-refractivity contribution in [2.75, 3.05) is 12.1 Å². The minimum Gasteiger partial charge on any atom is -0.486 e. The number of fused-ring (bicyclic) bond motifs is 1. The molecule has 2 aromatic carbocycles. The number of carbonyl (C=O) groups excluding carboxylic acids is 1. The number of amides is 1. The molecule has 1 aliphatic rings. The van der Waals surface area contributed by atoms with Gasteiger partial charge in [-0.1, -0.05) is 0 Å². The Labute approximate surface area is 190 Å². The van der Waals surface area contributed by atoms with Crippen LogP contribution in [0.3, 0.4) is 0 Å². The predicted octanol–water partition coefficient (Wildman–Crippen LogP) is 5.27. The fourth-order valence-electron chi connectivity index (χ4n) is 3.07. The lowest BCUT2D eigenvalue weighted by Gasteiger charge is -2.03. The molecular formula is C22H16FN3O4S2. The first-order valence-electron chi connectivity index (χ1n) is 9.57. The summed E-state index contributed by atoms with van der Waals surface area (Å²) in [6, 6.07) is 11.3. The Morgan fingerprint density at radius 1 is 1.16 bits per heavy atom.